The predicted molar refractivity (Wildman–Crippen MR) is 30.3 cm³/mol. The normalized spacial score (nSPS) is 9.75. The molecule has 3 heteroatoms. The Morgan fingerprint density at radius 3 is 2.75 bits per heavy atom. The maximum atomic E-state index is 9.79. The molecule has 0 unspecified atom stereocenters. The molecular weight excluding hydrogens is 106 g/mol. The lowest BCUT2D eigenvalue weighted by Crippen LogP contribution is -2.21. The quantitative estimate of drug-likeness (QED) is 0.501. The fraction of sp³-hybridized carbons (Fsp3) is 1.00. The first kappa shape index (κ1) is 7.88. The van der Waals surface area contributed by atoms with Crippen LogP contribution in [0.5, 0.6) is 0 Å². The van der Waals surface area contributed by atoms with Crippen LogP contribution in [0.3, 0.4) is 0 Å². The molecule has 0 aliphatic carbocycles. The summed E-state index contributed by atoms with van der Waals surface area (Å²) in [7, 11) is 1.64. The molecule has 0 aromatic rings. The lowest BCUT2D eigenvalue weighted by Gasteiger charge is -1.97. The second kappa shape index (κ2) is 6.88. The van der Waals surface area contributed by atoms with Crippen LogP contribution in [0.25, 0.3) is 0 Å². The van der Waals surface area contributed by atoms with Crippen molar-refractivity contribution in [3.63, 3.8) is 0 Å². The summed E-state index contributed by atoms with van der Waals surface area (Å²) in [5, 5.41) is 12.7. The average molecular weight is 118 g/mol. The van der Waals surface area contributed by atoms with Crippen LogP contribution in [0.4, 0.5) is 0 Å². The van der Waals surface area contributed by atoms with Crippen LogP contribution in [0.2, 0.25) is 0 Å². The van der Waals surface area contributed by atoms with Gasteiger partial charge in [-0.25, -0.2) is 5.11 Å². The molecule has 0 aliphatic heterocycles. The average Bonchev–Trinajstić information content (AvgIpc) is 1.81. The van der Waals surface area contributed by atoms with E-state index in [1.165, 1.54) is 0 Å². The van der Waals surface area contributed by atoms with Crippen molar-refractivity contribution in [2.45, 2.75) is 0 Å². The molecule has 0 atom stereocenters. The van der Waals surface area contributed by atoms with Crippen molar-refractivity contribution in [1.82, 2.24) is 5.32 Å². The predicted octanol–water partition coefficient (Wildman–Crippen LogP) is -0.347. The van der Waals surface area contributed by atoms with E-state index in [1.807, 2.05) is 0 Å². The summed E-state index contributed by atoms with van der Waals surface area (Å²) < 4.78 is 4.72. The van der Waals surface area contributed by atoms with E-state index >= 15 is 0 Å². The van der Waals surface area contributed by atoms with E-state index in [0.717, 1.165) is 6.54 Å². The van der Waals surface area contributed by atoms with Gasteiger partial charge in [-0.15, -0.1) is 0 Å². The summed E-state index contributed by atoms with van der Waals surface area (Å²) in [6.07, 6.45) is 0. The zero-order valence-electron chi connectivity index (χ0n) is 5.14. The van der Waals surface area contributed by atoms with Gasteiger partial charge in [-0.1, -0.05) is 0 Å². The Hall–Kier alpha value is -0.120. The van der Waals surface area contributed by atoms with E-state index in [0.29, 0.717) is 13.2 Å². The maximum absolute atomic E-state index is 9.79. The van der Waals surface area contributed by atoms with Gasteiger partial charge >= 0.3 is 0 Å². The zero-order valence-corrected chi connectivity index (χ0v) is 5.14. The summed E-state index contributed by atoms with van der Waals surface area (Å²) in [5.74, 6) is 0. The highest BCUT2D eigenvalue weighted by atomic mass is 16.5. The molecule has 0 heterocycles. The molecule has 0 saturated carbocycles. The summed E-state index contributed by atoms with van der Waals surface area (Å²) in [5.41, 5.74) is 0. The number of methoxy groups -OCH3 is 1. The summed E-state index contributed by atoms with van der Waals surface area (Å²) in [4.78, 5) is 0. The van der Waals surface area contributed by atoms with Gasteiger partial charge in [-0.05, 0) is 0 Å². The minimum atomic E-state index is -0.0519. The van der Waals surface area contributed by atoms with Crippen molar-refractivity contribution < 1.29 is 9.84 Å². The second-order valence-corrected chi connectivity index (χ2v) is 1.45. The number of ether oxygens (including phenoxy) is 1. The molecule has 1 radical (unpaired) electrons. The van der Waals surface area contributed by atoms with Gasteiger partial charge in [0, 0.05) is 20.2 Å². The Balaban J connectivity index is 2.53. The lowest BCUT2D eigenvalue weighted by molar-refractivity contribution is 0.177. The van der Waals surface area contributed by atoms with Gasteiger partial charge in [0.1, 0.15) is 0 Å². The van der Waals surface area contributed by atoms with Crippen molar-refractivity contribution >= 4 is 0 Å². The Labute approximate surface area is 49.7 Å². The molecule has 0 spiro atoms. The minimum Gasteiger partial charge on any atom is -0.383 e. The molecule has 0 aliphatic rings. The van der Waals surface area contributed by atoms with E-state index in [4.69, 9.17) is 4.74 Å². The van der Waals surface area contributed by atoms with Crippen molar-refractivity contribution in [3.05, 3.63) is 0 Å². The molecule has 0 amide bonds. The largest absolute Gasteiger partial charge is 0.383 e. The van der Waals surface area contributed by atoms with E-state index in [9.17, 15) is 5.11 Å². The fourth-order valence-corrected chi connectivity index (χ4v) is 0.371. The van der Waals surface area contributed by atoms with Crippen LogP contribution in [0.1, 0.15) is 0 Å². The van der Waals surface area contributed by atoms with Crippen molar-refractivity contribution in [2.75, 3.05) is 33.4 Å². The third kappa shape index (κ3) is 5.88. The Morgan fingerprint density at radius 2 is 2.25 bits per heavy atom. The highest BCUT2D eigenvalue weighted by Crippen LogP contribution is 1.62. The maximum Gasteiger partial charge on any atom is 0.0946 e. The Bertz CT molecular complexity index is 35.4. The SMILES string of the molecule is COCCNCC[O]. The van der Waals surface area contributed by atoms with Gasteiger partial charge < -0.3 is 10.1 Å². The molecule has 3 nitrogen and oxygen atoms in total. The molecule has 0 fully saturated rings. The Morgan fingerprint density at radius 1 is 1.50 bits per heavy atom. The van der Waals surface area contributed by atoms with Gasteiger partial charge in [-0.2, -0.15) is 0 Å². The van der Waals surface area contributed by atoms with Gasteiger partial charge in [0.15, 0.2) is 0 Å². The summed E-state index contributed by atoms with van der Waals surface area (Å²) >= 11 is 0. The van der Waals surface area contributed by atoms with Crippen LogP contribution in [0.15, 0.2) is 0 Å². The van der Waals surface area contributed by atoms with E-state index in [2.05, 4.69) is 5.32 Å². The molecule has 49 valence electrons. The van der Waals surface area contributed by atoms with Crippen LogP contribution in [0, 0.1) is 0 Å². The molecule has 8 heavy (non-hydrogen) atoms. The first-order valence-electron chi connectivity index (χ1n) is 2.69. The highest BCUT2D eigenvalue weighted by Gasteiger charge is 1.81. The molecule has 0 saturated heterocycles. The van der Waals surface area contributed by atoms with E-state index < -0.39 is 0 Å². The van der Waals surface area contributed by atoms with E-state index in [1.54, 1.807) is 7.11 Å². The van der Waals surface area contributed by atoms with Crippen molar-refractivity contribution in [2.24, 2.45) is 0 Å². The number of rotatable bonds is 5. The van der Waals surface area contributed by atoms with Crippen LogP contribution < -0.4 is 5.32 Å². The van der Waals surface area contributed by atoms with Gasteiger partial charge in [0.25, 0.3) is 0 Å². The number of nitrogens with one attached hydrogen (secondary N) is 1. The molecule has 0 aromatic heterocycles. The highest BCUT2D eigenvalue weighted by molar-refractivity contribution is 4.41. The van der Waals surface area contributed by atoms with Crippen LogP contribution in [-0.2, 0) is 9.84 Å². The first-order chi connectivity index (χ1) is 3.91. The van der Waals surface area contributed by atoms with Gasteiger partial charge in [0.05, 0.1) is 13.2 Å². The summed E-state index contributed by atoms with van der Waals surface area (Å²) in [6, 6.07) is 0. The lowest BCUT2D eigenvalue weighted by atomic mass is 10.6. The molecule has 0 rings (SSSR count). The van der Waals surface area contributed by atoms with Crippen LogP contribution >= 0.6 is 0 Å². The monoisotopic (exact) mass is 118 g/mol. The molecule has 0 bridgehead atoms. The molecule has 1 N–H and O–H groups in total. The van der Waals surface area contributed by atoms with Crippen molar-refractivity contribution in [3.8, 4) is 0 Å². The fourth-order valence-electron chi connectivity index (χ4n) is 0.371. The molecular formula is C5H12NO2. The first-order valence-corrected chi connectivity index (χ1v) is 2.69. The number of hydrogen-bond acceptors (Lipinski definition) is 2. The van der Waals surface area contributed by atoms with Crippen LogP contribution in [-0.4, -0.2) is 33.4 Å². The third-order valence-corrected chi connectivity index (χ3v) is 0.762. The summed E-state index contributed by atoms with van der Waals surface area (Å²) in [6.45, 7) is 1.95. The molecule has 0 aromatic carbocycles. The zero-order chi connectivity index (χ0) is 6.24. The minimum absolute atomic E-state index is 0.0519. The van der Waals surface area contributed by atoms with Gasteiger partial charge in [-0.3, -0.25) is 0 Å². The standard InChI is InChI=1S/C5H12NO2/c1-8-5-3-6-2-4-7/h6H,2-5H2,1H3. The topological polar surface area (TPSA) is 41.2 Å². The second-order valence-electron chi connectivity index (χ2n) is 1.45. The number of hydrogen-bond donors (Lipinski definition) is 1. The van der Waals surface area contributed by atoms with Gasteiger partial charge in [0.2, 0.25) is 0 Å². The smallest absolute Gasteiger partial charge is 0.0946 e. The Kier molecular flexibility index (Phi) is 6.78. The van der Waals surface area contributed by atoms with Crippen molar-refractivity contribution in [1.29, 1.82) is 0 Å². The third-order valence-electron chi connectivity index (χ3n) is 0.762. The van der Waals surface area contributed by atoms with E-state index in [-0.39, 0.29) is 6.61 Å².